The number of hydrogen-bond acceptors (Lipinski definition) is 4. The van der Waals surface area contributed by atoms with Gasteiger partial charge in [0, 0.05) is 29.1 Å². The number of esters is 1. The van der Waals surface area contributed by atoms with Crippen LogP contribution in [0.1, 0.15) is 33.7 Å². The van der Waals surface area contributed by atoms with Crippen LogP contribution in [-0.2, 0) is 16.0 Å². The van der Waals surface area contributed by atoms with Gasteiger partial charge in [0.15, 0.2) is 6.61 Å². The first kappa shape index (κ1) is 22.2. The van der Waals surface area contributed by atoms with Crippen LogP contribution in [0.2, 0.25) is 0 Å². The van der Waals surface area contributed by atoms with Crippen LogP contribution < -0.4 is 4.74 Å². The van der Waals surface area contributed by atoms with E-state index in [-0.39, 0.29) is 24.6 Å². The zero-order valence-electron chi connectivity index (χ0n) is 17.3. The largest absolute Gasteiger partial charge is 0.457 e. The molecule has 1 aromatic heterocycles. The number of ether oxygens (including phenoxy) is 2. The summed E-state index contributed by atoms with van der Waals surface area (Å²) in [4.78, 5) is 24.6. The number of Topliss-reactive ketones (excluding diaryl/α,β-unsaturated/α-hetero) is 1. The lowest BCUT2D eigenvalue weighted by Crippen LogP contribution is -2.15. The lowest BCUT2D eigenvalue weighted by Gasteiger charge is -2.11. The quantitative estimate of drug-likeness (QED) is 0.354. The van der Waals surface area contributed by atoms with Crippen LogP contribution in [0.3, 0.4) is 0 Å². The van der Waals surface area contributed by atoms with E-state index in [4.69, 9.17) is 4.74 Å². The van der Waals surface area contributed by atoms with Gasteiger partial charge in [-0.15, -0.1) is 0 Å². The minimum atomic E-state index is -2.89. The molecule has 0 bridgehead atoms. The minimum Gasteiger partial charge on any atom is -0.457 e. The van der Waals surface area contributed by atoms with Crippen molar-refractivity contribution in [2.45, 2.75) is 33.3 Å². The molecule has 3 aromatic rings. The number of benzene rings is 2. The Morgan fingerprint density at radius 3 is 2.32 bits per heavy atom. The van der Waals surface area contributed by atoms with E-state index in [2.05, 4.69) is 4.74 Å². The highest BCUT2D eigenvalue weighted by molar-refractivity contribution is 5.99. The lowest BCUT2D eigenvalue weighted by molar-refractivity contribution is -0.142. The van der Waals surface area contributed by atoms with Gasteiger partial charge in [-0.05, 0) is 56.2 Å². The number of alkyl halides is 2. The summed E-state index contributed by atoms with van der Waals surface area (Å²) in [7, 11) is 0. The first-order valence-electron chi connectivity index (χ1n) is 9.82. The summed E-state index contributed by atoms with van der Waals surface area (Å²) in [5, 5.41) is 0. The van der Waals surface area contributed by atoms with Gasteiger partial charge in [-0.3, -0.25) is 9.59 Å². The molecule has 7 heteroatoms. The maximum Gasteiger partial charge on any atom is 0.387 e. The monoisotopic (exact) mass is 427 g/mol. The van der Waals surface area contributed by atoms with E-state index >= 15 is 0 Å². The Hall–Kier alpha value is -3.48. The second kappa shape index (κ2) is 10.0. The second-order valence-corrected chi connectivity index (χ2v) is 7.06. The standard InChI is InChI=1S/C24H23F2NO4/c1-16-14-21(17(2)27(16)19-9-11-20(12-10-19)31-24(25)26)22(28)15-30-23(29)13-8-18-6-4-3-5-7-18/h3-7,9-12,14,24H,8,13,15H2,1-2H3. The van der Waals surface area contributed by atoms with Crippen molar-refractivity contribution in [2.24, 2.45) is 0 Å². The summed E-state index contributed by atoms with van der Waals surface area (Å²) in [5.41, 5.74) is 3.64. The number of nitrogens with zero attached hydrogens (tertiary/aromatic N) is 1. The highest BCUT2D eigenvalue weighted by Crippen LogP contribution is 2.24. The Balaban J connectivity index is 1.62. The van der Waals surface area contributed by atoms with E-state index in [1.165, 1.54) is 12.1 Å². The van der Waals surface area contributed by atoms with Gasteiger partial charge < -0.3 is 14.0 Å². The number of carbonyl (C=O) groups is 2. The van der Waals surface area contributed by atoms with Crippen molar-refractivity contribution in [1.29, 1.82) is 0 Å². The highest BCUT2D eigenvalue weighted by Gasteiger charge is 2.18. The smallest absolute Gasteiger partial charge is 0.387 e. The van der Waals surface area contributed by atoms with E-state index in [0.29, 0.717) is 23.4 Å². The minimum absolute atomic E-state index is 0.0555. The number of aryl methyl sites for hydroxylation is 2. The van der Waals surface area contributed by atoms with Crippen LogP contribution in [0, 0.1) is 13.8 Å². The number of carbonyl (C=O) groups excluding carboxylic acids is 2. The van der Waals surface area contributed by atoms with E-state index in [1.807, 2.05) is 41.8 Å². The van der Waals surface area contributed by atoms with E-state index in [9.17, 15) is 18.4 Å². The Morgan fingerprint density at radius 1 is 1.00 bits per heavy atom. The first-order valence-corrected chi connectivity index (χ1v) is 9.82. The Labute approximate surface area is 179 Å². The lowest BCUT2D eigenvalue weighted by atomic mass is 10.1. The molecule has 0 saturated heterocycles. The van der Waals surface area contributed by atoms with Crippen LogP contribution in [0.25, 0.3) is 5.69 Å². The Bertz CT molecular complexity index is 1040. The Kier molecular flexibility index (Phi) is 7.18. The molecule has 0 amide bonds. The molecule has 0 radical (unpaired) electrons. The molecule has 162 valence electrons. The molecule has 1 heterocycles. The summed E-state index contributed by atoms with van der Waals surface area (Å²) >= 11 is 0. The third-order valence-corrected chi connectivity index (χ3v) is 4.88. The molecule has 2 aromatic carbocycles. The molecule has 0 aliphatic carbocycles. The fraction of sp³-hybridized carbons (Fsp3) is 0.250. The molecule has 0 spiro atoms. The summed E-state index contributed by atoms with van der Waals surface area (Å²) in [6, 6.07) is 17.4. The molecule has 31 heavy (non-hydrogen) atoms. The van der Waals surface area contributed by atoms with Gasteiger partial charge in [-0.1, -0.05) is 30.3 Å². The molecule has 0 aliphatic rings. The fourth-order valence-electron chi connectivity index (χ4n) is 3.41. The topological polar surface area (TPSA) is 57.5 Å². The Morgan fingerprint density at radius 2 is 1.68 bits per heavy atom. The third-order valence-electron chi connectivity index (χ3n) is 4.88. The van der Waals surface area contributed by atoms with Crippen molar-refractivity contribution in [3.63, 3.8) is 0 Å². The number of rotatable bonds is 9. The van der Waals surface area contributed by atoms with Crippen molar-refractivity contribution < 1.29 is 27.8 Å². The summed E-state index contributed by atoms with van der Waals surface area (Å²) in [5.74, 6) is -0.675. The second-order valence-electron chi connectivity index (χ2n) is 7.06. The highest BCUT2D eigenvalue weighted by atomic mass is 19.3. The van der Waals surface area contributed by atoms with Crippen LogP contribution in [0.4, 0.5) is 8.78 Å². The molecule has 0 N–H and O–H groups in total. The third kappa shape index (κ3) is 5.78. The number of aromatic nitrogens is 1. The number of ketones is 1. The van der Waals surface area contributed by atoms with E-state index in [0.717, 1.165) is 11.3 Å². The molecule has 3 rings (SSSR count). The normalized spacial score (nSPS) is 10.9. The molecule has 0 unspecified atom stereocenters. The average molecular weight is 427 g/mol. The fourth-order valence-corrected chi connectivity index (χ4v) is 3.41. The van der Waals surface area contributed by atoms with E-state index < -0.39 is 12.6 Å². The molecular weight excluding hydrogens is 404 g/mol. The number of halogens is 2. The summed E-state index contributed by atoms with van der Waals surface area (Å²) < 4.78 is 36.0. The van der Waals surface area contributed by atoms with Crippen molar-refractivity contribution in [1.82, 2.24) is 4.57 Å². The van der Waals surface area contributed by atoms with Gasteiger partial charge >= 0.3 is 12.6 Å². The molecule has 5 nitrogen and oxygen atoms in total. The first-order chi connectivity index (χ1) is 14.8. The molecular formula is C24H23F2NO4. The summed E-state index contributed by atoms with van der Waals surface area (Å²) in [6.07, 6.45) is 0.747. The van der Waals surface area contributed by atoms with Crippen molar-refractivity contribution in [2.75, 3.05) is 6.61 Å². The zero-order valence-corrected chi connectivity index (χ0v) is 17.3. The van der Waals surface area contributed by atoms with Gasteiger partial charge in [0.2, 0.25) is 5.78 Å². The predicted octanol–water partition coefficient (Wildman–Crippen LogP) is 5.05. The van der Waals surface area contributed by atoms with Gasteiger partial charge in [0.25, 0.3) is 0 Å². The maximum absolute atomic E-state index is 12.6. The predicted molar refractivity (Wildman–Crippen MR) is 112 cm³/mol. The van der Waals surface area contributed by atoms with E-state index in [1.54, 1.807) is 25.1 Å². The zero-order chi connectivity index (χ0) is 22.4. The van der Waals surface area contributed by atoms with Gasteiger partial charge in [-0.25, -0.2) is 0 Å². The molecule has 0 aliphatic heterocycles. The van der Waals surface area contributed by atoms with Crippen molar-refractivity contribution in [3.8, 4) is 11.4 Å². The van der Waals surface area contributed by atoms with Crippen molar-refractivity contribution in [3.05, 3.63) is 83.2 Å². The van der Waals surface area contributed by atoms with Crippen molar-refractivity contribution >= 4 is 11.8 Å². The van der Waals surface area contributed by atoms with Gasteiger partial charge in [0.1, 0.15) is 5.75 Å². The molecule has 0 fully saturated rings. The maximum atomic E-state index is 12.6. The van der Waals surface area contributed by atoms with Crippen LogP contribution >= 0.6 is 0 Å². The average Bonchev–Trinajstić information content (AvgIpc) is 3.05. The SMILES string of the molecule is Cc1cc(C(=O)COC(=O)CCc2ccccc2)c(C)n1-c1ccc(OC(F)F)cc1. The molecule has 0 atom stereocenters. The van der Waals surface area contributed by atoms with Gasteiger partial charge in [-0.2, -0.15) is 8.78 Å². The van der Waals surface area contributed by atoms with Crippen LogP contribution in [0.5, 0.6) is 5.75 Å². The van der Waals surface area contributed by atoms with Gasteiger partial charge in [0.05, 0.1) is 0 Å². The van der Waals surface area contributed by atoms with Crippen LogP contribution in [-0.4, -0.2) is 29.5 Å². The molecule has 0 saturated carbocycles. The van der Waals surface area contributed by atoms with Crippen LogP contribution in [0.15, 0.2) is 60.7 Å². The number of hydrogen-bond donors (Lipinski definition) is 0. The summed E-state index contributed by atoms with van der Waals surface area (Å²) in [6.45, 7) is 0.389.